The molecule has 5 heteroatoms. The number of nitrogens with zero attached hydrogens (tertiary/aromatic N) is 2. The number of hydrogen-bond donors (Lipinski definition) is 1. The summed E-state index contributed by atoms with van der Waals surface area (Å²) in [6, 6.07) is 10.1. The third kappa shape index (κ3) is 3.83. The van der Waals surface area contributed by atoms with E-state index in [1.165, 1.54) is 6.08 Å². The molecule has 2 aromatic rings. The molecule has 0 radical (unpaired) electrons. The largest absolute Gasteiger partial charge is 0.381 e. The van der Waals surface area contributed by atoms with Gasteiger partial charge in [0.15, 0.2) is 0 Å². The van der Waals surface area contributed by atoms with E-state index in [2.05, 4.69) is 10.4 Å². The SMILES string of the molecule is O=C(/C=C/c1ccccc1)Nc1cnn(C2CCOCC2)c1. The molecule has 1 aliphatic rings. The summed E-state index contributed by atoms with van der Waals surface area (Å²) in [5.74, 6) is -0.157. The van der Waals surface area contributed by atoms with Gasteiger partial charge in [0.25, 0.3) is 0 Å². The van der Waals surface area contributed by atoms with Crippen molar-refractivity contribution in [2.24, 2.45) is 0 Å². The van der Waals surface area contributed by atoms with Gasteiger partial charge in [0.05, 0.1) is 17.9 Å². The van der Waals surface area contributed by atoms with Crippen LogP contribution in [0.25, 0.3) is 6.08 Å². The maximum absolute atomic E-state index is 11.9. The Morgan fingerprint density at radius 2 is 2.05 bits per heavy atom. The lowest BCUT2D eigenvalue weighted by atomic mass is 10.1. The molecule has 0 saturated carbocycles. The van der Waals surface area contributed by atoms with Gasteiger partial charge in [0.2, 0.25) is 5.91 Å². The van der Waals surface area contributed by atoms with Crippen LogP contribution in [-0.2, 0) is 9.53 Å². The van der Waals surface area contributed by atoms with E-state index in [9.17, 15) is 4.79 Å². The van der Waals surface area contributed by atoms with Crippen LogP contribution in [-0.4, -0.2) is 28.9 Å². The number of ether oxygens (including phenoxy) is 1. The molecular formula is C17H19N3O2. The van der Waals surface area contributed by atoms with Gasteiger partial charge in [-0.25, -0.2) is 0 Å². The number of hydrogen-bond acceptors (Lipinski definition) is 3. The molecule has 1 saturated heterocycles. The summed E-state index contributed by atoms with van der Waals surface area (Å²) < 4.78 is 7.26. The number of anilines is 1. The molecule has 114 valence electrons. The zero-order valence-electron chi connectivity index (χ0n) is 12.3. The standard InChI is InChI=1S/C17H19N3O2/c21-17(7-6-14-4-2-1-3-5-14)19-15-12-18-20(13-15)16-8-10-22-11-9-16/h1-7,12-13,16H,8-11H2,(H,19,21)/b7-6+. The van der Waals surface area contributed by atoms with Crippen molar-refractivity contribution in [1.29, 1.82) is 0 Å². The molecule has 3 rings (SSSR count). The molecule has 0 spiro atoms. The van der Waals surface area contributed by atoms with Crippen molar-refractivity contribution in [3.63, 3.8) is 0 Å². The van der Waals surface area contributed by atoms with Crippen LogP contribution in [0.4, 0.5) is 5.69 Å². The summed E-state index contributed by atoms with van der Waals surface area (Å²) in [4.78, 5) is 11.9. The number of rotatable bonds is 4. The average molecular weight is 297 g/mol. The van der Waals surface area contributed by atoms with Crippen LogP contribution in [0.2, 0.25) is 0 Å². The Morgan fingerprint density at radius 3 is 2.82 bits per heavy atom. The van der Waals surface area contributed by atoms with Crippen molar-refractivity contribution >= 4 is 17.7 Å². The first-order valence-corrected chi connectivity index (χ1v) is 7.47. The summed E-state index contributed by atoms with van der Waals surface area (Å²) in [7, 11) is 0. The van der Waals surface area contributed by atoms with E-state index in [-0.39, 0.29) is 5.91 Å². The number of amides is 1. The van der Waals surface area contributed by atoms with Gasteiger partial charge in [-0.2, -0.15) is 5.10 Å². The Hall–Kier alpha value is -2.40. The summed E-state index contributed by atoms with van der Waals surface area (Å²) in [5, 5.41) is 7.16. The van der Waals surface area contributed by atoms with E-state index in [1.807, 2.05) is 41.2 Å². The molecular weight excluding hydrogens is 278 g/mol. The van der Waals surface area contributed by atoms with Gasteiger partial charge in [-0.1, -0.05) is 30.3 Å². The summed E-state index contributed by atoms with van der Waals surface area (Å²) in [6.45, 7) is 1.54. The Labute approximate surface area is 129 Å². The quantitative estimate of drug-likeness (QED) is 0.883. The van der Waals surface area contributed by atoms with Crippen LogP contribution in [0.5, 0.6) is 0 Å². The van der Waals surface area contributed by atoms with Gasteiger partial charge >= 0.3 is 0 Å². The smallest absolute Gasteiger partial charge is 0.248 e. The average Bonchev–Trinajstić information content (AvgIpc) is 3.03. The monoisotopic (exact) mass is 297 g/mol. The molecule has 5 nitrogen and oxygen atoms in total. The minimum Gasteiger partial charge on any atom is -0.381 e. The van der Waals surface area contributed by atoms with E-state index in [4.69, 9.17) is 4.74 Å². The fourth-order valence-electron chi connectivity index (χ4n) is 2.47. The normalized spacial score (nSPS) is 16.0. The first-order valence-electron chi connectivity index (χ1n) is 7.47. The molecule has 0 unspecified atom stereocenters. The lowest BCUT2D eigenvalue weighted by Gasteiger charge is -2.22. The molecule has 0 aliphatic carbocycles. The first-order chi connectivity index (χ1) is 10.8. The Balaban J connectivity index is 1.57. The number of nitrogens with one attached hydrogen (secondary N) is 1. The predicted molar refractivity (Wildman–Crippen MR) is 85.4 cm³/mol. The van der Waals surface area contributed by atoms with E-state index >= 15 is 0 Å². The highest BCUT2D eigenvalue weighted by atomic mass is 16.5. The highest BCUT2D eigenvalue weighted by molar-refractivity contribution is 6.01. The summed E-state index contributed by atoms with van der Waals surface area (Å²) in [5.41, 5.74) is 1.71. The highest BCUT2D eigenvalue weighted by Gasteiger charge is 2.16. The summed E-state index contributed by atoms with van der Waals surface area (Å²) in [6.07, 6.45) is 8.80. The van der Waals surface area contributed by atoms with E-state index in [0.29, 0.717) is 11.7 Å². The fraction of sp³-hybridized carbons (Fsp3) is 0.294. The second kappa shape index (κ2) is 7.04. The molecule has 0 bridgehead atoms. The number of aromatic nitrogens is 2. The zero-order valence-corrected chi connectivity index (χ0v) is 12.3. The van der Waals surface area contributed by atoms with Gasteiger partial charge < -0.3 is 10.1 Å². The minimum atomic E-state index is -0.157. The second-order valence-electron chi connectivity index (χ2n) is 5.29. The van der Waals surface area contributed by atoms with Crippen LogP contribution in [0, 0.1) is 0 Å². The third-order valence-corrected chi connectivity index (χ3v) is 3.66. The molecule has 2 heterocycles. The predicted octanol–water partition coefficient (Wildman–Crippen LogP) is 2.89. The second-order valence-corrected chi connectivity index (χ2v) is 5.29. The van der Waals surface area contributed by atoms with Crippen LogP contribution in [0.1, 0.15) is 24.4 Å². The molecule has 1 N–H and O–H groups in total. The van der Waals surface area contributed by atoms with Crippen molar-refractivity contribution in [2.75, 3.05) is 18.5 Å². The Bertz CT molecular complexity index is 643. The van der Waals surface area contributed by atoms with Crippen LogP contribution in [0.15, 0.2) is 48.8 Å². The van der Waals surface area contributed by atoms with Gasteiger partial charge in [0.1, 0.15) is 0 Å². The molecule has 1 aromatic carbocycles. The number of carbonyl (C=O) groups is 1. The third-order valence-electron chi connectivity index (χ3n) is 3.66. The molecule has 1 aliphatic heterocycles. The highest BCUT2D eigenvalue weighted by Crippen LogP contribution is 2.21. The lowest BCUT2D eigenvalue weighted by molar-refractivity contribution is -0.111. The first kappa shape index (κ1) is 14.5. The molecule has 1 aromatic heterocycles. The zero-order chi connectivity index (χ0) is 15.2. The Morgan fingerprint density at radius 1 is 1.27 bits per heavy atom. The molecule has 1 amide bonds. The number of benzene rings is 1. The maximum atomic E-state index is 11.9. The van der Waals surface area contributed by atoms with Crippen molar-refractivity contribution < 1.29 is 9.53 Å². The topological polar surface area (TPSA) is 56.2 Å². The van der Waals surface area contributed by atoms with Gasteiger partial charge in [0, 0.05) is 25.5 Å². The molecule has 0 atom stereocenters. The maximum Gasteiger partial charge on any atom is 0.248 e. The van der Waals surface area contributed by atoms with Crippen LogP contribution >= 0.6 is 0 Å². The van der Waals surface area contributed by atoms with Crippen molar-refractivity contribution in [1.82, 2.24) is 9.78 Å². The number of carbonyl (C=O) groups excluding carboxylic acids is 1. The summed E-state index contributed by atoms with van der Waals surface area (Å²) >= 11 is 0. The van der Waals surface area contributed by atoms with E-state index in [0.717, 1.165) is 31.6 Å². The minimum absolute atomic E-state index is 0.157. The Kier molecular flexibility index (Phi) is 4.65. The van der Waals surface area contributed by atoms with Gasteiger partial charge in [-0.3, -0.25) is 9.48 Å². The van der Waals surface area contributed by atoms with Gasteiger partial charge in [-0.05, 0) is 24.5 Å². The van der Waals surface area contributed by atoms with Crippen LogP contribution < -0.4 is 5.32 Å². The van der Waals surface area contributed by atoms with Crippen molar-refractivity contribution in [3.05, 3.63) is 54.4 Å². The van der Waals surface area contributed by atoms with E-state index < -0.39 is 0 Å². The van der Waals surface area contributed by atoms with Crippen molar-refractivity contribution in [3.8, 4) is 0 Å². The molecule has 22 heavy (non-hydrogen) atoms. The van der Waals surface area contributed by atoms with E-state index in [1.54, 1.807) is 12.3 Å². The van der Waals surface area contributed by atoms with Crippen LogP contribution in [0.3, 0.4) is 0 Å². The van der Waals surface area contributed by atoms with Gasteiger partial charge in [-0.15, -0.1) is 0 Å². The lowest BCUT2D eigenvalue weighted by Crippen LogP contribution is -2.19. The van der Waals surface area contributed by atoms with Crippen molar-refractivity contribution in [2.45, 2.75) is 18.9 Å². The molecule has 1 fully saturated rings. The fourth-order valence-corrected chi connectivity index (χ4v) is 2.47.